The fraction of sp³-hybridized carbons (Fsp3) is 0.278. The molecule has 0 radical (unpaired) electrons. The van der Waals surface area contributed by atoms with Crippen molar-refractivity contribution >= 4 is 40.5 Å². The minimum atomic E-state index is -0.562. The van der Waals surface area contributed by atoms with Crippen LogP contribution in [0.25, 0.3) is 0 Å². The van der Waals surface area contributed by atoms with Crippen LogP contribution < -0.4 is 24.8 Å². The number of benzene rings is 2. The van der Waals surface area contributed by atoms with E-state index in [1.54, 1.807) is 37.3 Å². The zero-order valence-corrected chi connectivity index (χ0v) is 16.4. The Hall–Kier alpha value is -2.31. The van der Waals surface area contributed by atoms with Crippen molar-refractivity contribution in [3.05, 3.63) is 40.4 Å². The van der Waals surface area contributed by atoms with E-state index in [1.807, 2.05) is 0 Å². The summed E-state index contributed by atoms with van der Waals surface area (Å²) < 4.78 is 15.9. The predicted molar refractivity (Wildman–Crippen MR) is 104 cm³/mol. The average Bonchev–Trinajstić information content (AvgIpc) is 2.64. The molecule has 2 aromatic carbocycles. The highest BCUT2D eigenvalue weighted by molar-refractivity contribution is 6.44. The molecule has 0 aliphatic carbocycles. The maximum Gasteiger partial charge on any atom is 0.246 e. The van der Waals surface area contributed by atoms with Crippen molar-refractivity contribution in [3.8, 4) is 17.2 Å². The molecule has 140 valence electrons. The van der Waals surface area contributed by atoms with E-state index in [1.165, 1.54) is 21.3 Å². The zero-order valence-electron chi connectivity index (χ0n) is 14.9. The molecule has 2 aromatic rings. The number of carbonyl (C=O) groups is 1. The summed E-state index contributed by atoms with van der Waals surface area (Å²) in [5.74, 6) is 1.17. The first kappa shape index (κ1) is 20.0. The number of nitrogens with one attached hydrogen (secondary N) is 2. The molecule has 0 spiro atoms. The minimum Gasteiger partial charge on any atom is -0.493 e. The standard InChI is InChI=1S/C18H20Cl2N2O4/c1-10(18(23)22-13-7-5-6-12(19)16(13)20)21-11-8-14(24-2)17(26-4)15(9-11)25-3/h5-10,21H,1-4H3,(H,22,23)/t10-/m1/s1. The monoisotopic (exact) mass is 398 g/mol. The van der Waals surface area contributed by atoms with Crippen LogP contribution in [0, 0.1) is 0 Å². The normalized spacial score (nSPS) is 11.5. The Morgan fingerprint density at radius 1 is 1.04 bits per heavy atom. The highest BCUT2D eigenvalue weighted by atomic mass is 35.5. The van der Waals surface area contributed by atoms with Crippen LogP contribution in [0.15, 0.2) is 30.3 Å². The highest BCUT2D eigenvalue weighted by Crippen LogP contribution is 2.40. The van der Waals surface area contributed by atoms with E-state index in [9.17, 15) is 4.79 Å². The van der Waals surface area contributed by atoms with Gasteiger partial charge < -0.3 is 24.8 Å². The summed E-state index contributed by atoms with van der Waals surface area (Å²) in [5.41, 5.74) is 1.09. The van der Waals surface area contributed by atoms with Gasteiger partial charge in [0.05, 0.1) is 37.1 Å². The van der Waals surface area contributed by atoms with E-state index >= 15 is 0 Å². The highest BCUT2D eigenvalue weighted by Gasteiger charge is 2.18. The summed E-state index contributed by atoms with van der Waals surface area (Å²) in [5, 5.41) is 6.50. The van der Waals surface area contributed by atoms with Gasteiger partial charge in [-0.3, -0.25) is 4.79 Å². The molecule has 0 fully saturated rings. The van der Waals surface area contributed by atoms with Crippen molar-refractivity contribution in [3.63, 3.8) is 0 Å². The summed E-state index contributed by atoms with van der Waals surface area (Å²) >= 11 is 12.1. The first-order valence-electron chi connectivity index (χ1n) is 7.72. The Morgan fingerprint density at radius 2 is 1.65 bits per heavy atom. The first-order chi connectivity index (χ1) is 12.4. The second-order valence-corrected chi connectivity index (χ2v) is 6.16. The number of carbonyl (C=O) groups excluding carboxylic acids is 1. The van der Waals surface area contributed by atoms with Gasteiger partial charge in [-0.15, -0.1) is 0 Å². The summed E-state index contributed by atoms with van der Waals surface area (Å²) in [4.78, 5) is 12.4. The Balaban J connectivity index is 2.17. The number of hydrogen-bond acceptors (Lipinski definition) is 5. The number of anilines is 2. The smallest absolute Gasteiger partial charge is 0.246 e. The molecular formula is C18H20Cl2N2O4. The van der Waals surface area contributed by atoms with Crippen molar-refractivity contribution in [1.82, 2.24) is 0 Å². The molecule has 2 N–H and O–H groups in total. The maximum atomic E-state index is 12.4. The van der Waals surface area contributed by atoms with E-state index in [2.05, 4.69) is 10.6 Å². The fourth-order valence-corrected chi connectivity index (χ4v) is 2.67. The molecule has 1 atom stereocenters. The van der Waals surface area contributed by atoms with Crippen LogP contribution in [-0.2, 0) is 4.79 Å². The van der Waals surface area contributed by atoms with Crippen molar-refractivity contribution in [2.45, 2.75) is 13.0 Å². The third kappa shape index (κ3) is 4.45. The topological polar surface area (TPSA) is 68.8 Å². The van der Waals surface area contributed by atoms with Gasteiger partial charge in [-0.2, -0.15) is 0 Å². The summed E-state index contributed by atoms with van der Waals surface area (Å²) in [6, 6.07) is 7.92. The summed E-state index contributed by atoms with van der Waals surface area (Å²) in [7, 11) is 4.58. The number of rotatable bonds is 7. The van der Waals surface area contributed by atoms with Gasteiger partial charge in [-0.05, 0) is 19.1 Å². The zero-order chi connectivity index (χ0) is 19.3. The molecule has 8 heteroatoms. The largest absolute Gasteiger partial charge is 0.493 e. The molecule has 1 amide bonds. The number of hydrogen-bond donors (Lipinski definition) is 2. The van der Waals surface area contributed by atoms with Crippen molar-refractivity contribution < 1.29 is 19.0 Å². The predicted octanol–water partition coefficient (Wildman–Crippen LogP) is 4.46. The van der Waals surface area contributed by atoms with E-state index in [0.717, 1.165) is 0 Å². The van der Waals surface area contributed by atoms with Gasteiger partial charge in [-0.25, -0.2) is 0 Å². The lowest BCUT2D eigenvalue weighted by molar-refractivity contribution is -0.116. The molecule has 6 nitrogen and oxygen atoms in total. The number of halogens is 2. The quantitative estimate of drug-likeness (QED) is 0.720. The number of methoxy groups -OCH3 is 3. The number of ether oxygens (including phenoxy) is 3. The lowest BCUT2D eigenvalue weighted by atomic mass is 10.2. The molecule has 26 heavy (non-hydrogen) atoms. The minimum absolute atomic E-state index is 0.275. The van der Waals surface area contributed by atoms with Crippen LogP contribution in [0.5, 0.6) is 17.2 Å². The van der Waals surface area contributed by atoms with Crippen molar-refractivity contribution in [1.29, 1.82) is 0 Å². The van der Waals surface area contributed by atoms with E-state index in [-0.39, 0.29) is 5.91 Å². The molecule has 0 heterocycles. The van der Waals surface area contributed by atoms with Crippen molar-refractivity contribution in [2.75, 3.05) is 32.0 Å². The Morgan fingerprint density at radius 3 is 2.19 bits per heavy atom. The molecule has 2 rings (SSSR count). The van der Waals surface area contributed by atoms with Gasteiger partial charge in [0.25, 0.3) is 0 Å². The van der Waals surface area contributed by atoms with Crippen LogP contribution in [-0.4, -0.2) is 33.3 Å². The second kappa shape index (κ2) is 8.87. The fourth-order valence-electron chi connectivity index (χ4n) is 2.32. The second-order valence-electron chi connectivity index (χ2n) is 5.37. The lowest BCUT2D eigenvalue weighted by Crippen LogP contribution is -2.32. The molecule has 0 bridgehead atoms. The van der Waals surface area contributed by atoms with Gasteiger partial charge in [-0.1, -0.05) is 29.3 Å². The molecule has 0 saturated heterocycles. The Bertz CT molecular complexity index is 774. The third-order valence-electron chi connectivity index (χ3n) is 3.65. The molecule has 0 unspecified atom stereocenters. The van der Waals surface area contributed by atoms with E-state index in [0.29, 0.717) is 38.7 Å². The molecule has 0 aliphatic heterocycles. The van der Waals surface area contributed by atoms with Gasteiger partial charge >= 0.3 is 0 Å². The lowest BCUT2D eigenvalue weighted by Gasteiger charge is -2.19. The van der Waals surface area contributed by atoms with E-state index in [4.69, 9.17) is 37.4 Å². The van der Waals surface area contributed by atoms with Crippen LogP contribution in [0.1, 0.15) is 6.92 Å². The Kier molecular flexibility index (Phi) is 6.83. The van der Waals surface area contributed by atoms with E-state index < -0.39 is 6.04 Å². The van der Waals surface area contributed by atoms with Crippen molar-refractivity contribution in [2.24, 2.45) is 0 Å². The molecule has 0 saturated carbocycles. The van der Waals surface area contributed by atoms with Gasteiger partial charge in [0.2, 0.25) is 11.7 Å². The van der Waals surface area contributed by atoms with Gasteiger partial charge in [0, 0.05) is 17.8 Å². The van der Waals surface area contributed by atoms with Crippen LogP contribution in [0.3, 0.4) is 0 Å². The Labute approximate surface area is 162 Å². The van der Waals surface area contributed by atoms with Gasteiger partial charge in [0.1, 0.15) is 6.04 Å². The van der Waals surface area contributed by atoms with Gasteiger partial charge in [0.15, 0.2) is 11.5 Å². The average molecular weight is 399 g/mol. The SMILES string of the molecule is COc1cc(N[C@H](C)C(=O)Nc2cccc(Cl)c2Cl)cc(OC)c1OC. The molecular weight excluding hydrogens is 379 g/mol. The first-order valence-corrected chi connectivity index (χ1v) is 8.48. The summed E-state index contributed by atoms with van der Waals surface area (Å²) in [6.07, 6.45) is 0. The number of amides is 1. The van der Waals surface area contributed by atoms with Crippen LogP contribution >= 0.6 is 23.2 Å². The maximum absolute atomic E-state index is 12.4. The van der Waals surface area contributed by atoms with Crippen LogP contribution in [0.4, 0.5) is 11.4 Å². The molecule has 0 aromatic heterocycles. The van der Waals surface area contributed by atoms with Crippen LogP contribution in [0.2, 0.25) is 10.0 Å². The third-order valence-corrected chi connectivity index (χ3v) is 4.47. The molecule has 0 aliphatic rings. The summed E-state index contributed by atoms with van der Waals surface area (Å²) in [6.45, 7) is 1.72.